The molecule has 6 heteroatoms. The van der Waals surface area contributed by atoms with Crippen LogP contribution in [0.15, 0.2) is 42.3 Å². The SMILES string of the molecule is c1cncc(CN2CCC(Nc3ncnc4sccc34)CC2)c1. The Bertz CT molecular complexity index is 765. The Balaban J connectivity index is 1.36. The van der Waals surface area contributed by atoms with Gasteiger partial charge in [0.2, 0.25) is 0 Å². The van der Waals surface area contributed by atoms with E-state index in [0.717, 1.165) is 48.5 Å². The maximum Gasteiger partial charge on any atom is 0.138 e. The molecule has 0 aliphatic carbocycles. The van der Waals surface area contributed by atoms with E-state index in [-0.39, 0.29) is 0 Å². The average Bonchev–Trinajstić information content (AvgIpc) is 3.07. The number of aromatic nitrogens is 3. The number of thiophene rings is 1. The maximum absolute atomic E-state index is 4.42. The van der Waals surface area contributed by atoms with Gasteiger partial charge in [0.15, 0.2) is 0 Å². The Kier molecular flexibility index (Phi) is 4.17. The quantitative estimate of drug-likeness (QED) is 0.798. The summed E-state index contributed by atoms with van der Waals surface area (Å²) in [7, 11) is 0. The molecule has 0 radical (unpaired) electrons. The number of hydrogen-bond donors (Lipinski definition) is 1. The standard InChI is InChI=1S/C17H19N5S/c1-2-13(10-18-6-1)11-22-7-3-14(4-8-22)21-16-15-5-9-23-17(15)20-12-19-16/h1-2,5-6,9-10,12,14H,3-4,7-8,11H2,(H,19,20,21). The number of fused-ring (bicyclic) bond motifs is 1. The highest BCUT2D eigenvalue weighted by atomic mass is 32.1. The van der Waals surface area contributed by atoms with E-state index >= 15 is 0 Å². The van der Waals surface area contributed by atoms with Crippen LogP contribution in [0.25, 0.3) is 10.2 Å². The largest absolute Gasteiger partial charge is 0.367 e. The molecule has 1 saturated heterocycles. The minimum atomic E-state index is 0.484. The number of rotatable bonds is 4. The predicted octanol–water partition coefficient (Wildman–Crippen LogP) is 3.16. The summed E-state index contributed by atoms with van der Waals surface area (Å²) in [4.78, 5) is 16.5. The van der Waals surface area contributed by atoms with Gasteiger partial charge in [0, 0.05) is 38.1 Å². The average molecular weight is 325 g/mol. The first kappa shape index (κ1) is 14.5. The zero-order valence-electron chi connectivity index (χ0n) is 12.9. The molecule has 0 amide bonds. The van der Waals surface area contributed by atoms with Crippen molar-refractivity contribution < 1.29 is 0 Å². The lowest BCUT2D eigenvalue weighted by atomic mass is 10.0. The van der Waals surface area contributed by atoms with E-state index in [0.29, 0.717) is 6.04 Å². The summed E-state index contributed by atoms with van der Waals surface area (Å²) in [5, 5.41) is 6.82. The number of nitrogens with one attached hydrogen (secondary N) is 1. The van der Waals surface area contributed by atoms with Gasteiger partial charge in [0.25, 0.3) is 0 Å². The molecule has 1 aliphatic heterocycles. The van der Waals surface area contributed by atoms with Crippen LogP contribution >= 0.6 is 11.3 Å². The highest BCUT2D eigenvalue weighted by Gasteiger charge is 2.20. The van der Waals surface area contributed by atoms with Crippen LogP contribution in [-0.2, 0) is 6.54 Å². The number of piperidine rings is 1. The molecular formula is C17H19N5S. The second-order valence-corrected chi connectivity index (χ2v) is 6.81. The van der Waals surface area contributed by atoms with Crippen LogP contribution in [0.3, 0.4) is 0 Å². The smallest absolute Gasteiger partial charge is 0.138 e. The van der Waals surface area contributed by atoms with Gasteiger partial charge in [0.1, 0.15) is 17.0 Å². The molecule has 4 rings (SSSR count). The van der Waals surface area contributed by atoms with Gasteiger partial charge in [0.05, 0.1) is 5.39 Å². The Morgan fingerprint density at radius 3 is 2.96 bits per heavy atom. The molecule has 23 heavy (non-hydrogen) atoms. The molecular weight excluding hydrogens is 306 g/mol. The number of hydrogen-bond acceptors (Lipinski definition) is 6. The molecule has 0 bridgehead atoms. The Morgan fingerprint density at radius 2 is 2.13 bits per heavy atom. The fourth-order valence-electron chi connectivity index (χ4n) is 3.08. The van der Waals surface area contributed by atoms with Crippen LogP contribution in [0.1, 0.15) is 18.4 Å². The lowest BCUT2D eigenvalue weighted by Gasteiger charge is -2.32. The molecule has 118 valence electrons. The first-order chi connectivity index (χ1) is 11.4. The van der Waals surface area contributed by atoms with E-state index in [2.05, 4.69) is 42.7 Å². The predicted molar refractivity (Wildman–Crippen MR) is 93.6 cm³/mol. The fourth-order valence-corrected chi connectivity index (χ4v) is 3.82. The summed E-state index contributed by atoms with van der Waals surface area (Å²) in [5.41, 5.74) is 1.29. The Morgan fingerprint density at radius 1 is 1.22 bits per heavy atom. The first-order valence-corrected chi connectivity index (χ1v) is 8.82. The summed E-state index contributed by atoms with van der Waals surface area (Å²) >= 11 is 1.66. The van der Waals surface area contributed by atoms with Crippen molar-refractivity contribution in [1.29, 1.82) is 0 Å². The zero-order chi connectivity index (χ0) is 15.5. The van der Waals surface area contributed by atoms with Crippen molar-refractivity contribution >= 4 is 27.4 Å². The Labute approximate surface area is 139 Å². The number of nitrogens with zero attached hydrogens (tertiary/aromatic N) is 4. The molecule has 0 atom stereocenters. The first-order valence-electron chi connectivity index (χ1n) is 7.94. The lowest BCUT2D eigenvalue weighted by molar-refractivity contribution is 0.211. The summed E-state index contributed by atoms with van der Waals surface area (Å²) in [6.07, 6.45) is 7.70. The second kappa shape index (κ2) is 6.60. The minimum Gasteiger partial charge on any atom is -0.367 e. The molecule has 1 aliphatic rings. The third-order valence-electron chi connectivity index (χ3n) is 4.32. The lowest BCUT2D eigenvalue weighted by Crippen LogP contribution is -2.38. The molecule has 1 fully saturated rings. The van der Waals surface area contributed by atoms with Crippen molar-refractivity contribution in [2.75, 3.05) is 18.4 Å². The second-order valence-electron chi connectivity index (χ2n) is 5.92. The molecule has 5 nitrogen and oxygen atoms in total. The number of pyridine rings is 1. The van der Waals surface area contributed by atoms with E-state index in [1.165, 1.54) is 5.56 Å². The Hall–Kier alpha value is -2.05. The minimum absolute atomic E-state index is 0.484. The molecule has 0 unspecified atom stereocenters. The normalized spacial score (nSPS) is 16.7. The van der Waals surface area contributed by atoms with Gasteiger partial charge in [-0.2, -0.15) is 0 Å². The molecule has 0 aromatic carbocycles. The van der Waals surface area contributed by atoms with Crippen molar-refractivity contribution in [2.24, 2.45) is 0 Å². The van der Waals surface area contributed by atoms with Crippen LogP contribution in [0.2, 0.25) is 0 Å². The molecule has 0 saturated carbocycles. The van der Waals surface area contributed by atoms with Crippen LogP contribution in [0.5, 0.6) is 0 Å². The van der Waals surface area contributed by atoms with Gasteiger partial charge in [-0.05, 0) is 35.9 Å². The fraction of sp³-hybridized carbons (Fsp3) is 0.353. The summed E-state index contributed by atoms with van der Waals surface area (Å²) in [6.45, 7) is 3.19. The van der Waals surface area contributed by atoms with E-state index in [1.54, 1.807) is 17.7 Å². The van der Waals surface area contributed by atoms with Gasteiger partial charge in [-0.1, -0.05) is 6.07 Å². The summed E-state index contributed by atoms with van der Waals surface area (Å²) in [5.74, 6) is 0.974. The van der Waals surface area contributed by atoms with Gasteiger partial charge >= 0.3 is 0 Å². The van der Waals surface area contributed by atoms with Crippen LogP contribution in [0.4, 0.5) is 5.82 Å². The third kappa shape index (κ3) is 3.33. The number of likely N-dealkylation sites (tertiary alicyclic amines) is 1. The van der Waals surface area contributed by atoms with Crippen LogP contribution in [-0.4, -0.2) is 39.0 Å². The van der Waals surface area contributed by atoms with Gasteiger partial charge in [-0.3, -0.25) is 9.88 Å². The van der Waals surface area contributed by atoms with E-state index in [1.807, 2.05) is 18.5 Å². The van der Waals surface area contributed by atoms with E-state index in [9.17, 15) is 0 Å². The van der Waals surface area contributed by atoms with Crippen molar-refractivity contribution in [3.05, 3.63) is 47.9 Å². The number of anilines is 1. The van der Waals surface area contributed by atoms with Crippen molar-refractivity contribution in [3.63, 3.8) is 0 Å². The summed E-state index contributed by atoms with van der Waals surface area (Å²) < 4.78 is 0. The maximum atomic E-state index is 4.42. The molecule has 0 spiro atoms. The van der Waals surface area contributed by atoms with Crippen molar-refractivity contribution in [1.82, 2.24) is 19.9 Å². The van der Waals surface area contributed by atoms with Crippen molar-refractivity contribution in [3.8, 4) is 0 Å². The van der Waals surface area contributed by atoms with E-state index in [4.69, 9.17) is 0 Å². The molecule has 4 heterocycles. The van der Waals surface area contributed by atoms with Gasteiger partial charge < -0.3 is 5.32 Å². The van der Waals surface area contributed by atoms with Crippen LogP contribution < -0.4 is 5.32 Å². The van der Waals surface area contributed by atoms with Crippen molar-refractivity contribution in [2.45, 2.75) is 25.4 Å². The zero-order valence-corrected chi connectivity index (χ0v) is 13.7. The molecule has 1 N–H and O–H groups in total. The highest BCUT2D eigenvalue weighted by Crippen LogP contribution is 2.25. The highest BCUT2D eigenvalue weighted by molar-refractivity contribution is 7.16. The van der Waals surface area contributed by atoms with E-state index < -0.39 is 0 Å². The topological polar surface area (TPSA) is 53.9 Å². The third-order valence-corrected chi connectivity index (χ3v) is 5.14. The van der Waals surface area contributed by atoms with Gasteiger partial charge in [-0.25, -0.2) is 9.97 Å². The van der Waals surface area contributed by atoms with Crippen LogP contribution in [0, 0.1) is 0 Å². The van der Waals surface area contributed by atoms with Gasteiger partial charge in [-0.15, -0.1) is 11.3 Å². The molecule has 3 aromatic heterocycles. The molecule has 3 aromatic rings. The summed E-state index contributed by atoms with van der Waals surface area (Å²) in [6, 6.07) is 6.73. The monoisotopic (exact) mass is 325 g/mol.